The monoisotopic (exact) mass is 318 g/mol. The zero-order valence-corrected chi connectivity index (χ0v) is 9.94. The Morgan fingerprint density at radius 1 is 1.47 bits per heavy atom. The van der Waals surface area contributed by atoms with Crippen LogP contribution in [0.4, 0.5) is 4.39 Å². The molecule has 0 atom stereocenters. The van der Waals surface area contributed by atoms with Crippen molar-refractivity contribution in [1.82, 2.24) is 9.55 Å². The number of hydrogen-bond acceptors (Lipinski definition) is 2. The van der Waals surface area contributed by atoms with Gasteiger partial charge in [0.05, 0.1) is 23.8 Å². The molecule has 0 saturated heterocycles. The number of halogens is 2. The van der Waals surface area contributed by atoms with Crippen molar-refractivity contribution in [3.8, 4) is 0 Å². The van der Waals surface area contributed by atoms with Crippen molar-refractivity contribution in [1.29, 1.82) is 0 Å². The van der Waals surface area contributed by atoms with Crippen molar-refractivity contribution >= 4 is 33.5 Å². The Bertz CT molecular complexity index is 553. The van der Waals surface area contributed by atoms with Crippen molar-refractivity contribution < 1.29 is 4.39 Å². The van der Waals surface area contributed by atoms with Gasteiger partial charge in [-0.25, -0.2) is 9.37 Å². The summed E-state index contributed by atoms with van der Waals surface area (Å²) in [7, 11) is 0. The second-order valence-electron chi connectivity index (χ2n) is 3.09. The summed E-state index contributed by atoms with van der Waals surface area (Å²) >= 11 is 2.13. The van der Waals surface area contributed by atoms with E-state index in [1.54, 1.807) is 12.1 Å². The molecule has 2 aromatic rings. The van der Waals surface area contributed by atoms with E-state index >= 15 is 0 Å². The van der Waals surface area contributed by atoms with E-state index in [4.69, 9.17) is 0 Å². The molecule has 0 bridgehead atoms. The topological polar surface area (TPSA) is 34.9 Å². The minimum absolute atomic E-state index is 0.0627. The Morgan fingerprint density at radius 2 is 2.27 bits per heavy atom. The summed E-state index contributed by atoms with van der Waals surface area (Å²) in [6.07, 6.45) is 1.39. The molecule has 0 spiro atoms. The van der Waals surface area contributed by atoms with Crippen molar-refractivity contribution in [3.05, 3.63) is 38.5 Å². The Balaban J connectivity index is 2.71. The number of benzene rings is 1. The molecule has 0 aliphatic rings. The molecule has 0 aliphatic heterocycles. The molecule has 1 aromatic carbocycles. The van der Waals surface area contributed by atoms with Crippen LogP contribution < -0.4 is 5.56 Å². The molecule has 15 heavy (non-hydrogen) atoms. The largest absolute Gasteiger partial charge is 0.296 e. The number of aryl methyl sites for hydroxylation is 1. The van der Waals surface area contributed by atoms with Gasteiger partial charge >= 0.3 is 0 Å². The lowest BCUT2D eigenvalue weighted by Gasteiger charge is -2.03. The average molecular weight is 318 g/mol. The number of alkyl halides is 1. The lowest BCUT2D eigenvalue weighted by Crippen LogP contribution is -2.21. The quantitative estimate of drug-likeness (QED) is 0.794. The first kappa shape index (κ1) is 10.5. The second kappa shape index (κ2) is 4.26. The van der Waals surface area contributed by atoms with Gasteiger partial charge in [0.1, 0.15) is 6.67 Å². The van der Waals surface area contributed by atoms with E-state index in [9.17, 15) is 9.18 Å². The number of nitrogens with zero attached hydrogens (tertiary/aromatic N) is 2. The Morgan fingerprint density at radius 3 is 3.00 bits per heavy atom. The predicted octanol–water partition coefficient (Wildman–Crippen LogP) is 1.97. The molecule has 1 heterocycles. The van der Waals surface area contributed by atoms with Gasteiger partial charge in [0.25, 0.3) is 5.56 Å². The fraction of sp³-hybridized carbons (Fsp3) is 0.200. The molecule has 0 saturated carbocycles. The fourth-order valence-corrected chi connectivity index (χ4v) is 1.87. The van der Waals surface area contributed by atoms with Crippen LogP contribution in [0.2, 0.25) is 0 Å². The van der Waals surface area contributed by atoms with Crippen molar-refractivity contribution in [2.75, 3.05) is 6.67 Å². The molecule has 5 heteroatoms. The lowest BCUT2D eigenvalue weighted by atomic mass is 10.2. The molecule has 0 radical (unpaired) electrons. The molecule has 0 fully saturated rings. The van der Waals surface area contributed by atoms with Gasteiger partial charge in [0.15, 0.2) is 0 Å². The molecular formula is C10H8FIN2O. The van der Waals surface area contributed by atoms with E-state index in [0.717, 1.165) is 3.57 Å². The van der Waals surface area contributed by atoms with Crippen LogP contribution in [0.3, 0.4) is 0 Å². The van der Waals surface area contributed by atoms with E-state index in [-0.39, 0.29) is 12.1 Å². The molecule has 0 N–H and O–H groups in total. The van der Waals surface area contributed by atoms with E-state index in [0.29, 0.717) is 10.9 Å². The Kier molecular flexibility index (Phi) is 2.99. The fourth-order valence-electron chi connectivity index (χ4n) is 1.38. The van der Waals surface area contributed by atoms with Crippen LogP contribution in [0.1, 0.15) is 0 Å². The van der Waals surface area contributed by atoms with E-state index in [2.05, 4.69) is 27.6 Å². The molecular weight excluding hydrogens is 310 g/mol. The maximum absolute atomic E-state index is 12.1. The highest BCUT2D eigenvalue weighted by molar-refractivity contribution is 14.1. The molecule has 1 aromatic heterocycles. The maximum atomic E-state index is 12.1. The van der Waals surface area contributed by atoms with Gasteiger partial charge in [0, 0.05) is 3.57 Å². The zero-order chi connectivity index (χ0) is 10.8. The molecule has 0 amide bonds. The number of hydrogen-bond donors (Lipinski definition) is 0. The summed E-state index contributed by atoms with van der Waals surface area (Å²) in [5.74, 6) is 0. The number of fused-ring (bicyclic) bond motifs is 1. The summed E-state index contributed by atoms with van der Waals surface area (Å²) in [6.45, 7) is -0.496. The lowest BCUT2D eigenvalue weighted by molar-refractivity contribution is 0.439. The first-order valence-corrected chi connectivity index (χ1v) is 5.51. The van der Waals surface area contributed by atoms with Crippen LogP contribution in [0.25, 0.3) is 10.9 Å². The Hall–Kier alpha value is -0.980. The summed E-state index contributed by atoms with van der Waals surface area (Å²) in [6, 6.07) is 5.44. The molecule has 3 nitrogen and oxygen atoms in total. The third-order valence-electron chi connectivity index (χ3n) is 2.11. The van der Waals surface area contributed by atoms with Gasteiger partial charge in [-0.3, -0.25) is 9.36 Å². The number of rotatable bonds is 2. The van der Waals surface area contributed by atoms with Crippen LogP contribution in [0.5, 0.6) is 0 Å². The molecule has 0 aliphatic carbocycles. The second-order valence-corrected chi connectivity index (χ2v) is 4.34. The van der Waals surface area contributed by atoms with Crippen LogP contribution in [0.15, 0.2) is 29.3 Å². The van der Waals surface area contributed by atoms with Crippen molar-refractivity contribution in [2.45, 2.75) is 6.54 Å². The SMILES string of the molecule is O=c1c2cc(I)ccc2ncn1CCF. The van der Waals surface area contributed by atoms with E-state index in [1.807, 2.05) is 6.07 Å². The first-order chi connectivity index (χ1) is 7.22. The van der Waals surface area contributed by atoms with Gasteiger partial charge in [0.2, 0.25) is 0 Å². The normalized spacial score (nSPS) is 10.8. The minimum atomic E-state index is -0.559. The van der Waals surface area contributed by atoms with E-state index in [1.165, 1.54) is 10.9 Å². The highest BCUT2D eigenvalue weighted by Crippen LogP contribution is 2.11. The molecule has 0 unspecified atom stereocenters. The maximum Gasteiger partial charge on any atom is 0.261 e. The van der Waals surface area contributed by atoms with Gasteiger partial charge in [-0.15, -0.1) is 0 Å². The summed E-state index contributed by atoms with van der Waals surface area (Å²) in [4.78, 5) is 15.9. The molecule has 2 rings (SSSR count). The van der Waals surface area contributed by atoms with Crippen LogP contribution in [-0.4, -0.2) is 16.2 Å². The van der Waals surface area contributed by atoms with Crippen LogP contribution >= 0.6 is 22.6 Å². The summed E-state index contributed by atoms with van der Waals surface area (Å²) in [5.41, 5.74) is 0.465. The van der Waals surface area contributed by atoms with Gasteiger partial charge in [-0.2, -0.15) is 0 Å². The third kappa shape index (κ3) is 2.01. The average Bonchev–Trinajstić information content (AvgIpc) is 2.23. The van der Waals surface area contributed by atoms with Gasteiger partial charge < -0.3 is 0 Å². The van der Waals surface area contributed by atoms with Crippen molar-refractivity contribution in [2.24, 2.45) is 0 Å². The minimum Gasteiger partial charge on any atom is -0.296 e. The summed E-state index contributed by atoms with van der Waals surface area (Å²) < 4.78 is 14.4. The van der Waals surface area contributed by atoms with E-state index < -0.39 is 6.67 Å². The van der Waals surface area contributed by atoms with Gasteiger partial charge in [-0.1, -0.05) is 0 Å². The predicted molar refractivity (Wildman–Crippen MR) is 64.7 cm³/mol. The Labute approximate surface area is 99.1 Å². The van der Waals surface area contributed by atoms with Crippen LogP contribution in [0, 0.1) is 3.57 Å². The molecule has 78 valence electrons. The zero-order valence-electron chi connectivity index (χ0n) is 7.78. The van der Waals surface area contributed by atoms with Gasteiger partial charge in [-0.05, 0) is 40.8 Å². The standard InChI is InChI=1S/C10H8FIN2O/c11-3-4-14-6-13-9-2-1-7(12)5-8(9)10(14)15/h1-2,5-6H,3-4H2. The van der Waals surface area contributed by atoms with Crippen molar-refractivity contribution in [3.63, 3.8) is 0 Å². The van der Waals surface area contributed by atoms with Crippen LogP contribution in [-0.2, 0) is 6.54 Å². The smallest absolute Gasteiger partial charge is 0.261 e. The third-order valence-corrected chi connectivity index (χ3v) is 2.78. The summed E-state index contributed by atoms with van der Waals surface area (Å²) in [5, 5.41) is 0.540. The highest BCUT2D eigenvalue weighted by atomic mass is 127. The number of aromatic nitrogens is 2. The highest BCUT2D eigenvalue weighted by Gasteiger charge is 2.03. The first-order valence-electron chi connectivity index (χ1n) is 4.43.